The highest BCUT2D eigenvalue weighted by atomic mass is 16.5. The van der Waals surface area contributed by atoms with Crippen LogP contribution in [0.25, 0.3) is 0 Å². The number of carbonyl (C=O) groups excluding carboxylic acids is 3. The number of ether oxygens (including phenoxy) is 1. The van der Waals surface area contributed by atoms with Crippen LogP contribution in [-0.4, -0.2) is 28.8 Å². The molecule has 6 heteroatoms. The van der Waals surface area contributed by atoms with Crippen LogP contribution in [0, 0.1) is 12.3 Å². The van der Waals surface area contributed by atoms with E-state index in [0.717, 1.165) is 27.2 Å². The second-order valence-electron chi connectivity index (χ2n) is 9.66. The van der Waals surface area contributed by atoms with Crippen LogP contribution >= 0.6 is 0 Å². The molecule has 4 rings (SSSR count). The quantitative estimate of drug-likeness (QED) is 0.345. The first-order valence-electron chi connectivity index (χ1n) is 12.2. The van der Waals surface area contributed by atoms with Crippen LogP contribution in [0.3, 0.4) is 0 Å². The highest BCUT2D eigenvalue weighted by molar-refractivity contribution is 6.10. The number of nitrogens with one attached hydrogen (secondary N) is 1. The van der Waals surface area contributed by atoms with Crippen LogP contribution in [0.1, 0.15) is 48.6 Å². The van der Waals surface area contributed by atoms with Crippen molar-refractivity contribution in [2.24, 2.45) is 5.41 Å². The Balaban J connectivity index is 1.51. The third kappa shape index (κ3) is 5.33. The van der Waals surface area contributed by atoms with Gasteiger partial charge in [0.05, 0.1) is 11.5 Å². The van der Waals surface area contributed by atoms with Gasteiger partial charge in [-0.25, -0.2) is 14.5 Å². The fraction of sp³-hybridized carbons (Fsp3) is 0.300. The average molecular weight is 485 g/mol. The van der Waals surface area contributed by atoms with E-state index in [0.29, 0.717) is 12.8 Å². The lowest BCUT2D eigenvalue weighted by Crippen LogP contribution is -2.73. The van der Waals surface area contributed by atoms with Gasteiger partial charge >= 0.3 is 12.0 Å². The first-order valence-corrected chi connectivity index (χ1v) is 12.2. The number of likely N-dealkylation sites (tertiary alicyclic amines) is 1. The number of rotatable bonds is 8. The van der Waals surface area contributed by atoms with E-state index in [9.17, 15) is 14.4 Å². The van der Waals surface area contributed by atoms with E-state index < -0.39 is 23.5 Å². The number of nitrogens with zero attached hydrogens (tertiary/aromatic N) is 1. The van der Waals surface area contributed by atoms with Crippen LogP contribution in [0.15, 0.2) is 84.9 Å². The summed E-state index contributed by atoms with van der Waals surface area (Å²) in [6.45, 7) is 5.69. The van der Waals surface area contributed by atoms with Gasteiger partial charge in [0.25, 0.3) is 0 Å². The number of hydrogen-bond acceptors (Lipinski definition) is 4. The number of esters is 1. The Kier molecular flexibility index (Phi) is 7.53. The molecule has 1 saturated heterocycles. The Morgan fingerprint density at radius 3 is 2.19 bits per heavy atom. The van der Waals surface area contributed by atoms with Crippen molar-refractivity contribution in [2.75, 3.05) is 0 Å². The number of aryl methyl sites for hydroxylation is 2. The Morgan fingerprint density at radius 1 is 0.944 bits per heavy atom. The lowest BCUT2D eigenvalue weighted by Gasteiger charge is -2.51. The van der Waals surface area contributed by atoms with Crippen molar-refractivity contribution in [3.63, 3.8) is 0 Å². The molecule has 3 aromatic carbocycles. The van der Waals surface area contributed by atoms with Gasteiger partial charge in [-0.15, -0.1) is 0 Å². The van der Waals surface area contributed by atoms with Crippen molar-refractivity contribution in [3.05, 3.63) is 107 Å². The molecule has 0 aliphatic carbocycles. The maximum absolute atomic E-state index is 13.4. The predicted molar refractivity (Wildman–Crippen MR) is 138 cm³/mol. The van der Waals surface area contributed by atoms with Gasteiger partial charge < -0.3 is 10.1 Å². The minimum Gasteiger partial charge on any atom is -0.459 e. The van der Waals surface area contributed by atoms with Crippen molar-refractivity contribution in [1.82, 2.24) is 10.2 Å². The Bertz CT molecular complexity index is 1210. The molecule has 1 aliphatic rings. The fourth-order valence-electron chi connectivity index (χ4n) is 4.59. The number of hydrogen-bond donors (Lipinski definition) is 1. The normalized spacial score (nSPS) is 19.8. The van der Waals surface area contributed by atoms with Crippen LogP contribution in [0.4, 0.5) is 4.79 Å². The van der Waals surface area contributed by atoms with Gasteiger partial charge in [-0.3, -0.25) is 4.79 Å². The molecule has 3 aromatic rings. The number of carbonyl (C=O) groups is 3. The molecule has 0 spiro atoms. The molecule has 0 bridgehead atoms. The van der Waals surface area contributed by atoms with E-state index in [4.69, 9.17) is 4.74 Å². The minimum absolute atomic E-state index is 0.0777. The van der Waals surface area contributed by atoms with Crippen LogP contribution in [0.5, 0.6) is 0 Å². The molecule has 3 atom stereocenters. The second-order valence-corrected chi connectivity index (χ2v) is 9.66. The molecule has 6 nitrogen and oxygen atoms in total. The standard InChI is InChI=1S/C30H32N2O4/c1-21-14-16-23(17-15-21)18-19-30(3)26(27(33)36-20-24-10-6-4-7-11-24)32(28(30)34)29(35)31-22(2)25-12-8-5-9-13-25/h4-17,22,26H,18-20H2,1-3H3,(H,31,35). The van der Waals surface area contributed by atoms with Gasteiger partial charge in [0, 0.05) is 0 Å². The summed E-state index contributed by atoms with van der Waals surface area (Å²) in [5.74, 6) is -0.943. The summed E-state index contributed by atoms with van der Waals surface area (Å²) in [6, 6.07) is 25.0. The van der Waals surface area contributed by atoms with E-state index in [1.54, 1.807) is 6.92 Å². The van der Waals surface area contributed by atoms with E-state index in [-0.39, 0.29) is 18.6 Å². The molecule has 36 heavy (non-hydrogen) atoms. The first kappa shape index (κ1) is 25.2. The zero-order valence-electron chi connectivity index (χ0n) is 20.9. The predicted octanol–water partition coefficient (Wildman–Crippen LogP) is 5.36. The van der Waals surface area contributed by atoms with Crippen molar-refractivity contribution in [2.45, 2.75) is 52.3 Å². The van der Waals surface area contributed by atoms with Crippen molar-refractivity contribution >= 4 is 17.9 Å². The summed E-state index contributed by atoms with van der Waals surface area (Å²) in [5.41, 5.74) is 2.94. The molecular formula is C30H32N2O4. The lowest BCUT2D eigenvalue weighted by molar-refractivity contribution is -0.181. The van der Waals surface area contributed by atoms with Crippen LogP contribution in [-0.2, 0) is 27.4 Å². The van der Waals surface area contributed by atoms with E-state index in [1.807, 2.05) is 98.8 Å². The molecule has 0 saturated carbocycles. The zero-order chi connectivity index (χ0) is 25.7. The summed E-state index contributed by atoms with van der Waals surface area (Å²) < 4.78 is 5.60. The molecular weight excluding hydrogens is 452 g/mol. The molecule has 3 amide bonds. The topological polar surface area (TPSA) is 75.7 Å². The zero-order valence-corrected chi connectivity index (χ0v) is 20.9. The molecule has 0 aromatic heterocycles. The molecule has 1 N–H and O–H groups in total. The molecule has 1 aliphatic heterocycles. The highest BCUT2D eigenvalue weighted by Crippen LogP contribution is 2.44. The summed E-state index contributed by atoms with van der Waals surface area (Å²) in [5, 5.41) is 2.86. The number of β-lactam (4-membered cyclic amide) rings is 1. The third-order valence-corrected chi connectivity index (χ3v) is 6.93. The Labute approximate surface area is 212 Å². The highest BCUT2D eigenvalue weighted by Gasteiger charge is 2.63. The van der Waals surface area contributed by atoms with Gasteiger partial charge in [0.1, 0.15) is 6.61 Å². The molecule has 186 valence electrons. The molecule has 0 radical (unpaired) electrons. The van der Waals surface area contributed by atoms with E-state index in [1.165, 1.54) is 0 Å². The SMILES string of the molecule is Cc1ccc(CCC2(C)C(=O)N(C(=O)NC(C)c3ccccc3)C2C(=O)OCc2ccccc2)cc1. The van der Waals surface area contributed by atoms with Crippen LogP contribution in [0.2, 0.25) is 0 Å². The van der Waals surface area contributed by atoms with Gasteiger partial charge in [0.15, 0.2) is 6.04 Å². The molecule has 1 heterocycles. The number of benzene rings is 3. The number of imide groups is 1. The Hall–Kier alpha value is -3.93. The first-order chi connectivity index (χ1) is 17.3. The third-order valence-electron chi connectivity index (χ3n) is 6.93. The molecule has 1 fully saturated rings. The lowest BCUT2D eigenvalue weighted by atomic mass is 9.68. The van der Waals surface area contributed by atoms with Gasteiger partial charge in [0.2, 0.25) is 5.91 Å². The van der Waals surface area contributed by atoms with Crippen molar-refractivity contribution in [1.29, 1.82) is 0 Å². The van der Waals surface area contributed by atoms with E-state index >= 15 is 0 Å². The summed E-state index contributed by atoms with van der Waals surface area (Å²) >= 11 is 0. The minimum atomic E-state index is -1.04. The smallest absolute Gasteiger partial charge is 0.330 e. The maximum Gasteiger partial charge on any atom is 0.330 e. The Morgan fingerprint density at radius 2 is 1.56 bits per heavy atom. The van der Waals surface area contributed by atoms with Crippen LogP contribution < -0.4 is 5.32 Å². The summed E-state index contributed by atoms with van der Waals surface area (Å²) in [7, 11) is 0. The average Bonchev–Trinajstić information content (AvgIpc) is 2.90. The van der Waals surface area contributed by atoms with Crippen molar-refractivity contribution < 1.29 is 19.1 Å². The van der Waals surface area contributed by atoms with Crippen molar-refractivity contribution in [3.8, 4) is 0 Å². The van der Waals surface area contributed by atoms with Gasteiger partial charge in [-0.1, -0.05) is 90.5 Å². The van der Waals surface area contributed by atoms with E-state index in [2.05, 4.69) is 5.32 Å². The second kappa shape index (κ2) is 10.8. The van der Waals surface area contributed by atoms with Gasteiger partial charge in [-0.2, -0.15) is 0 Å². The molecule has 3 unspecified atom stereocenters. The fourth-order valence-corrected chi connectivity index (χ4v) is 4.59. The maximum atomic E-state index is 13.4. The number of amides is 3. The van der Waals surface area contributed by atoms with Gasteiger partial charge in [-0.05, 0) is 50.3 Å². The monoisotopic (exact) mass is 484 g/mol. The number of urea groups is 1. The summed E-state index contributed by atoms with van der Waals surface area (Å²) in [4.78, 5) is 40.9. The summed E-state index contributed by atoms with van der Waals surface area (Å²) in [6.07, 6.45) is 1.04. The largest absolute Gasteiger partial charge is 0.459 e.